The molecule has 0 atom stereocenters. The van der Waals surface area contributed by atoms with Crippen LogP contribution >= 0.6 is 12.2 Å². The number of halogens is 1. The Balaban J connectivity index is 2.25. The van der Waals surface area contributed by atoms with Crippen LogP contribution in [-0.2, 0) is 13.5 Å². The van der Waals surface area contributed by atoms with E-state index in [0.717, 1.165) is 12.1 Å². The van der Waals surface area contributed by atoms with Crippen LogP contribution in [-0.4, -0.2) is 20.7 Å². The van der Waals surface area contributed by atoms with Crippen molar-refractivity contribution < 1.29 is 9.18 Å². The first-order valence-electron chi connectivity index (χ1n) is 6.36. The molecule has 110 valence electrons. The summed E-state index contributed by atoms with van der Waals surface area (Å²) < 4.78 is 15.0. The molecule has 0 fully saturated rings. The number of anilines is 1. The molecule has 0 bridgehead atoms. The normalized spacial score (nSPS) is 10.4. The number of nitrogens with zero attached hydrogens (tertiary/aromatic N) is 2. The summed E-state index contributed by atoms with van der Waals surface area (Å²) in [5, 5.41) is 6.88. The van der Waals surface area contributed by atoms with Gasteiger partial charge in [-0.05, 0) is 30.7 Å². The van der Waals surface area contributed by atoms with E-state index >= 15 is 0 Å². The smallest absolute Gasteiger partial charge is 0.273 e. The van der Waals surface area contributed by atoms with E-state index in [1.165, 1.54) is 22.9 Å². The van der Waals surface area contributed by atoms with Crippen molar-refractivity contribution in [2.75, 3.05) is 5.32 Å². The molecule has 1 amide bonds. The topological polar surface area (TPSA) is 72.9 Å². The van der Waals surface area contributed by atoms with E-state index < -0.39 is 5.82 Å². The molecular weight excluding hydrogens is 291 g/mol. The van der Waals surface area contributed by atoms with Gasteiger partial charge in [-0.2, -0.15) is 5.10 Å². The van der Waals surface area contributed by atoms with E-state index in [0.29, 0.717) is 11.4 Å². The van der Waals surface area contributed by atoms with E-state index in [9.17, 15) is 9.18 Å². The number of hydrogen-bond donors (Lipinski definition) is 2. The molecule has 21 heavy (non-hydrogen) atoms. The van der Waals surface area contributed by atoms with Gasteiger partial charge in [-0.3, -0.25) is 9.48 Å². The zero-order valence-corrected chi connectivity index (χ0v) is 12.5. The molecule has 1 aromatic heterocycles. The van der Waals surface area contributed by atoms with Crippen molar-refractivity contribution in [2.45, 2.75) is 13.3 Å². The lowest BCUT2D eigenvalue weighted by atomic mass is 10.2. The van der Waals surface area contributed by atoms with Gasteiger partial charge >= 0.3 is 0 Å². The van der Waals surface area contributed by atoms with Gasteiger partial charge in [0.2, 0.25) is 0 Å². The number of nitrogens with two attached hydrogens (primary N) is 1. The minimum Gasteiger partial charge on any atom is -0.389 e. The number of carbonyl (C=O) groups is 1. The van der Waals surface area contributed by atoms with Gasteiger partial charge in [0, 0.05) is 18.3 Å². The Kier molecular flexibility index (Phi) is 4.32. The Morgan fingerprint density at radius 2 is 2.19 bits per heavy atom. The quantitative estimate of drug-likeness (QED) is 0.848. The number of amides is 1. The maximum absolute atomic E-state index is 13.5. The molecule has 3 N–H and O–H groups in total. The molecule has 1 heterocycles. The molecule has 0 spiro atoms. The van der Waals surface area contributed by atoms with Gasteiger partial charge in [0.25, 0.3) is 5.91 Å². The highest BCUT2D eigenvalue weighted by Gasteiger charge is 2.14. The average Bonchev–Trinajstić information content (AvgIpc) is 2.82. The van der Waals surface area contributed by atoms with Crippen LogP contribution < -0.4 is 11.1 Å². The zero-order valence-electron chi connectivity index (χ0n) is 11.7. The predicted molar refractivity (Wildman–Crippen MR) is 82.8 cm³/mol. The Hall–Kier alpha value is -2.28. The van der Waals surface area contributed by atoms with Gasteiger partial charge in [0.1, 0.15) is 16.5 Å². The Morgan fingerprint density at radius 1 is 1.48 bits per heavy atom. The van der Waals surface area contributed by atoms with Gasteiger partial charge in [-0.1, -0.05) is 19.1 Å². The van der Waals surface area contributed by atoms with Crippen molar-refractivity contribution in [1.29, 1.82) is 0 Å². The highest BCUT2D eigenvalue weighted by molar-refractivity contribution is 7.80. The summed E-state index contributed by atoms with van der Waals surface area (Å²) in [7, 11) is 1.69. The summed E-state index contributed by atoms with van der Waals surface area (Å²) in [6.07, 6.45) is 0.739. The summed E-state index contributed by atoms with van der Waals surface area (Å²) >= 11 is 4.77. The maximum Gasteiger partial charge on any atom is 0.273 e. The zero-order chi connectivity index (χ0) is 15.6. The van der Waals surface area contributed by atoms with Crippen LogP contribution in [0.3, 0.4) is 0 Å². The van der Waals surface area contributed by atoms with Crippen LogP contribution in [0.4, 0.5) is 10.1 Å². The van der Waals surface area contributed by atoms with Crippen LogP contribution in [0, 0.1) is 5.82 Å². The standard InChI is InChI=1S/C14H15FN4OS/c1-3-8-7-12(19(2)18-8)14(20)17-9-4-5-11(15)10(6-9)13(16)21/h4-7H,3H2,1-2H3,(H2,16,21)(H,17,20). The van der Waals surface area contributed by atoms with E-state index in [2.05, 4.69) is 10.4 Å². The van der Waals surface area contributed by atoms with Crippen LogP contribution in [0.2, 0.25) is 0 Å². The summed E-state index contributed by atoms with van der Waals surface area (Å²) in [4.78, 5) is 12.1. The number of benzene rings is 1. The van der Waals surface area contributed by atoms with Gasteiger partial charge in [-0.25, -0.2) is 4.39 Å². The third-order valence-corrected chi connectivity index (χ3v) is 3.23. The molecule has 2 rings (SSSR count). The summed E-state index contributed by atoms with van der Waals surface area (Å²) in [5.41, 5.74) is 7.20. The first-order chi connectivity index (χ1) is 9.92. The Morgan fingerprint density at radius 3 is 2.76 bits per heavy atom. The monoisotopic (exact) mass is 306 g/mol. The minimum absolute atomic E-state index is 0.0580. The van der Waals surface area contributed by atoms with Crippen LogP contribution in [0.25, 0.3) is 0 Å². The van der Waals surface area contributed by atoms with Gasteiger partial charge < -0.3 is 11.1 Å². The van der Waals surface area contributed by atoms with E-state index in [1.54, 1.807) is 13.1 Å². The number of rotatable bonds is 4. The Labute approximate surface area is 126 Å². The molecule has 0 aliphatic carbocycles. The molecule has 0 saturated carbocycles. The SMILES string of the molecule is CCc1cc(C(=O)Nc2ccc(F)c(C(N)=S)c2)n(C)n1. The number of aromatic nitrogens is 2. The van der Waals surface area contributed by atoms with Crippen LogP contribution in [0.15, 0.2) is 24.3 Å². The second-order valence-corrected chi connectivity index (χ2v) is 4.95. The third-order valence-electron chi connectivity index (χ3n) is 3.01. The molecule has 2 aromatic rings. The lowest BCUT2D eigenvalue weighted by molar-refractivity contribution is 0.101. The van der Waals surface area contributed by atoms with Gasteiger partial charge in [0.15, 0.2) is 0 Å². The largest absolute Gasteiger partial charge is 0.389 e. The summed E-state index contributed by atoms with van der Waals surface area (Å²) in [6, 6.07) is 5.79. The molecular formula is C14H15FN4OS. The molecule has 0 aliphatic heterocycles. The second-order valence-electron chi connectivity index (χ2n) is 4.51. The first-order valence-corrected chi connectivity index (χ1v) is 6.76. The average molecular weight is 306 g/mol. The molecule has 0 saturated heterocycles. The van der Waals surface area contributed by atoms with Gasteiger partial charge in [0.05, 0.1) is 5.69 Å². The van der Waals surface area contributed by atoms with Crippen LogP contribution in [0.5, 0.6) is 0 Å². The number of aryl methyl sites for hydroxylation is 2. The first kappa shape index (κ1) is 15.1. The fourth-order valence-electron chi connectivity index (χ4n) is 1.90. The highest BCUT2D eigenvalue weighted by atomic mass is 32.1. The number of thiocarbonyl (C=S) groups is 1. The van der Waals surface area contributed by atoms with Crippen LogP contribution in [0.1, 0.15) is 28.7 Å². The maximum atomic E-state index is 13.5. The molecule has 5 nitrogen and oxygen atoms in total. The van der Waals surface area contributed by atoms with Crippen molar-refractivity contribution in [3.05, 3.63) is 47.0 Å². The summed E-state index contributed by atoms with van der Waals surface area (Å²) in [5.74, 6) is -0.848. The van der Waals surface area contributed by atoms with Crippen molar-refractivity contribution >= 4 is 28.8 Å². The molecule has 0 aliphatic rings. The highest BCUT2D eigenvalue weighted by Crippen LogP contribution is 2.16. The molecule has 0 radical (unpaired) electrons. The van der Waals surface area contributed by atoms with E-state index in [-0.39, 0.29) is 16.5 Å². The third kappa shape index (κ3) is 3.25. The molecule has 1 aromatic carbocycles. The molecule has 0 unspecified atom stereocenters. The second kappa shape index (κ2) is 6.01. The van der Waals surface area contributed by atoms with Crippen molar-refractivity contribution in [3.63, 3.8) is 0 Å². The fraction of sp³-hybridized carbons (Fsp3) is 0.214. The number of nitrogens with one attached hydrogen (secondary N) is 1. The number of carbonyl (C=O) groups excluding carboxylic acids is 1. The lowest BCUT2D eigenvalue weighted by Gasteiger charge is -2.07. The number of hydrogen-bond acceptors (Lipinski definition) is 3. The minimum atomic E-state index is -0.519. The van der Waals surface area contributed by atoms with Crippen molar-refractivity contribution in [3.8, 4) is 0 Å². The fourth-order valence-corrected chi connectivity index (χ4v) is 2.06. The van der Waals surface area contributed by atoms with E-state index in [1.807, 2.05) is 6.92 Å². The van der Waals surface area contributed by atoms with Crippen molar-refractivity contribution in [1.82, 2.24) is 9.78 Å². The predicted octanol–water partition coefficient (Wildman–Crippen LogP) is 2.01. The summed E-state index contributed by atoms with van der Waals surface area (Å²) in [6.45, 7) is 1.96. The van der Waals surface area contributed by atoms with Crippen molar-refractivity contribution in [2.24, 2.45) is 12.8 Å². The lowest BCUT2D eigenvalue weighted by Crippen LogP contribution is -2.17. The van der Waals surface area contributed by atoms with E-state index in [4.69, 9.17) is 18.0 Å². The van der Waals surface area contributed by atoms with Gasteiger partial charge in [-0.15, -0.1) is 0 Å². The molecule has 7 heteroatoms. The Bertz CT molecular complexity index is 711.